The molecule has 0 radical (unpaired) electrons. The number of likely N-dealkylation sites (tertiary alicyclic amines) is 1. The van der Waals surface area contributed by atoms with Crippen molar-refractivity contribution >= 4 is 28.5 Å². The first kappa shape index (κ1) is 16.2. The van der Waals surface area contributed by atoms with Crippen LogP contribution in [0.15, 0.2) is 18.5 Å². The summed E-state index contributed by atoms with van der Waals surface area (Å²) in [4.78, 5) is 21.6. The van der Waals surface area contributed by atoms with Crippen molar-refractivity contribution < 1.29 is 15.0 Å². The molecule has 0 aromatic carbocycles. The molecule has 3 N–H and O–H groups in total. The van der Waals surface area contributed by atoms with E-state index in [4.69, 9.17) is 16.7 Å². The normalized spacial score (nSPS) is 21.3. The number of aliphatic hydroxyl groups excluding tert-OH is 2. The van der Waals surface area contributed by atoms with Crippen LogP contribution in [-0.4, -0.2) is 57.3 Å². The standard InChI is InChI=1S/C16H20ClN3O3/c17-13-1-3-18-16-15(13)11(6-19-16)5-14(23)20-7-10(2-4-21)12(8-20)9-22/h1,3,6,10,12,21-22H,2,4-5,7-9H2,(H,18,19). The summed E-state index contributed by atoms with van der Waals surface area (Å²) < 4.78 is 0. The van der Waals surface area contributed by atoms with Gasteiger partial charge in [0.1, 0.15) is 5.65 Å². The molecule has 2 aromatic heterocycles. The Labute approximate surface area is 139 Å². The second-order valence-electron chi connectivity index (χ2n) is 6.02. The second-order valence-corrected chi connectivity index (χ2v) is 6.43. The van der Waals surface area contributed by atoms with Gasteiger partial charge in [-0.2, -0.15) is 0 Å². The van der Waals surface area contributed by atoms with Crippen molar-refractivity contribution in [1.82, 2.24) is 14.9 Å². The Morgan fingerprint density at radius 2 is 2.17 bits per heavy atom. The molecule has 0 saturated carbocycles. The van der Waals surface area contributed by atoms with E-state index >= 15 is 0 Å². The molecule has 2 aromatic rings. The van der Waals surface area contributed by atoms with Crippen LogP contribution in [0, 0.1) is 11.8 Å². The van der Waals surface area contributed by atoms with E-state index in [1.807, 2.05) is 0 Å². The zero-order valence-electron chi connectivity index (χ0n) is 12.7. The first-order chi connectivity index (χ1) is 11.1. The minimum absolute atomic E-state index is 0.00436. The Morgan fingerprint density at radius 1 is 1.39 bits per heavy atom. The molecule has 3 heterocycles. The summed E-state index contributed by atoms with van der Waals surface area (Å²) >= 11 is 6.21. The van der Waals surface area contributed by atoms with E-state index < -0.39 is 0 Å². The zero-order valence-corrected chi connectivity index (χ0v) is 13.5. The number of nitrogens with zero attached hydrogens (tertiary/aromatic N) is 2. The molecular weight excluding hydrogens is 318 g/mol. The van der Waals surface area contributed by atoms with Gasteiger partial charge in [-0.3, -0.25) is 4.79 Å². The van der Waals surface area contributed by atoms with Gasteiger partial charge in [0.25, 0.3) is 0 Å². The number of rotatable bonds is 5. The van der Waals surface area contributed by atoms with Crippen molar-refractivity contribution in [3.05, 3.63) is 29.0 Å². The third-order valence-electron chi connectivity index (χ3n) is 4.61. The summed E-state index contributed by atoms with van der Waals surface area (Å²) in [5, 5.41) is 19.9. The van der Waals surface area contributed by atoms with E-state index in [0.717, 1.165) is 10.9 Å². The van der Waals surface area contributed by atoms with Crippen LogP contribution < -0.4 is 0 Å². The van der Waals surface area contributed by atoms with Crippen LogP contribution in [0.25, 0.3) is 11.0 Å². The first-order valence-electron chi connectivity index (χ1n) is 7.74. The molecule has 1 saturated heterocycles. The molecule has 2 atom stereocenters. The first-order valence-corrected chi connectivity index (χ1v) is 8.11. The third-order valence-corrected chi connectivity index (χ3v) is 4.92. The Kier molecular flexibility index (Phi) is 4.84. The van der Waals surface area contributed by atoms with Crippen molar-refractivity contribution in [3.63, 3.8) is 0 Å². The van der Waals surface area contributed by atoms with Crippen LogP contribution in [0.3, 0.4) is 0 Å². The molecule has 2 unspecified atom stereocenters. The maximum atomic E-state index is 12.6. The Hall–Kier alpha value is -1.63. The monoisotopic (exact) mass is 337 g/mol. The minimum Gasteiger partial charge on any atom is -0.396 e. The van der Waals surface area contributed by atoms with Crippen molar-refractivity contribution in [1.29, 1.82) is 0 Å². The maximum absolute atomic E-state index is 12.6. The number of H-pyrrole nitrogens is 1. The van der Waals surface area contributed by atoms with Crippen LogP contribution in [0.2, 0.25) is 5.02 Å². The summed E-state index contributed by atoms with van der Waals surface area (Å²) in [6, 6.07) is 1.71. The molecule has 6 nitrogen and oxygen atoms in total. The Morgan fingerprint density at radius 3 is 2.91 bits per heavy atom. The number of hydrogen-bond acceptors (Lipinski definition) is 4. The lowest BCUT2D eigenvalue weighted by Gasteiger charge is -2.16. The van der Waals surface area contributed by atoms with Gasteiger partial charge in [-0.05, 0) is 24.0 Å². The summed E-state index contributed by atoms with van der Waals surface area (Å²) in [6.07, 6.45) is 4.25. The Balaban J connectivity index is 1.74. The van der Waals surface area contributed by atoms with Crippen LogP contribution in [0.5, 0.6) is 0 Å². The smallest absolute Gasteiger partial charge is 0.227 e. The minimum atomic E-state index is 0.00436. The molecule has 0 aliphatic carbocycles. The molecule has 7 heteroatoms. The van der Waals surface area contributed by atoms with Gasteiger partial charge in [0, 0.05) is 50.0 Å². The van der Waals surface area contributed by atoms with Gasteiger partial charge in [-0.15, -0.1) is 0 Å². The summed E-state index contributed by atoms with van der Waals surface area (Å²) in [6.45, 7) is 1.23. The molecule has 23 heavy (non-hydrogen) atoms. The van der Waals surface area contributed by atoms with E-state index in [1.165, 1.54) is 0 Å². The highest BCUT2D eigenvalue weighted by Gasteiger charge is 2.34. The lowest BCUT2D eigenvalue weighted by Crippen LogP contribution is -2.30. The quantitative estimate of drug-likeness (QED) is 0.765. The van der Waals surface area contributed by atoms with E-state index in [9.17, 15) is 9.90 Å². The number of carbonyl (C=O) groups excluding carboxylic acids is 1. The number of hydrogen-bond donors (Lipinski definition) is 3. The lowest BCUT2D eigenvalue weighted by atomic mass is 9.94. The van der Waals surface area contributed by atoms with Crippen LogP contribution >= 0.6 is 11.6 Å². The summed E-state index contributed by atoms with van der Waals surface area (Å²) in [5.74, 6) is 0.200. The van der Waals surface area contributed by atoms with Crippen molar-refractivity contribution in [2.24, 2.45) is 11.8 Å². The topological polar surface area (TPSA) is 89.5 Å². The molecule has 1 aliphatic rings. The average Bonchev–Trinajstić information content (AvgIpc) is 3.13. The number of pyridine rings is 1. The Bertz CT molecular complexity index is 703. The van der Waals surface area contributed by atoms with Gasteiger partial charge in [0.15, 0.2) is 0 Å². The fraction of sp³-hybridized carbons (Fsp3) is 0.500. The molecular formula is C16H20ClN3O3. The highest BCUT2D eigenvalue weighted by atomic mass is 35.5. The fourth-order valence-corrected chi connectivity index (χ4v) is 3.60. The number of aromatic amines is 1. The van der Waals surface area contributed by atoms with Gasteiger partial charge in [0.2, 0.25) is 5.91 Å². The SMILES string of the molecule is O=C(Cc1c[nH]c2nccc(Cl)c12)N1CC(CO)C(CCO)C1. The molecule has 1 amide bonds. The number of nitrogens with one attached hydrogen (secondary N) is 1. The maximum Gasteiger partial charge on any atom is 0.227 e. The highest BCUT2D eigenvalue weighted by Crippen LogP contribution is 2.28. The van der Waals surface area contributed by atoms with Crippen LogP contribution in [0.1, 0.15) is 12.0 Å². The number of fused-ring (bicyclic) bond motifs is 1. The number of carbonyl (C=O) groups is 1. The molecule has 1 fully saturated rings. The largest absolute Gasteiger partial charge is 0.396 e. The van der Waals surface area contributed by atoms with Crippen molar-refractivity contribution in [2.45, 2.75) is 12.8 Å². The van der Waals surface area contributed by atoms with Crippen molar-refractivity contribution in [2.75, 3.05) is 26.3 Å². The summed E-state index contributed by atoms with van der Waals surface area (Å²) in [7, 11) is 0. The third kappa shape index (κ3) is 3.20. The van der Waals surface area contributed by atoms with Gasteiger partial charge >= 0.3 is 0 Å². The lowest BCUT2D eigenvalue weighted by molar-refractivity contribution is -0.129. The molecule has 0 spiro atoms. The van der Waals surface area contributed by atoms with Gasteiger partial charge in [-0.1, -0.05) is 11.6 Å². The molecule has 3 rings (SSSR count). The number of amides is 1. The zero-order chi connectivity index (χ0) is 16.4. The van der Waals surface area contributed by atoms with E-state index in [2.05, 4.69) is 9.97 Å². The average molecular weight is 338 g/mol. The van der Waals surface area contributed by atoms with Crippen molar-refractivity contribution in [3.8, 4) is 0 Å². The van der Waals surface area contributed by atoms with E-state index in [0.29, 0.717) is 30.2 Å². The van der Waals surface area contributed by atoms with E-state index in [1.54, 1.807) is 23.4 Å². The van der Waals surface area contributed by atoms with Crippen LogP contribution in [0.4, 0.5) is 0 Å². The summed E-state index contributed by atoms with van der Waals surface area (Å²) in [5.41, 5.74) is 1.50. The predicted octanol–water partition coefficient (Wildman–Crippen LogP) is 1.21. The van der Waals surface area contributed by atoms with Gasteiger partial charge < -0.3 is 20.1 Å². The second kappa shape index (κ2) is 6.86. The number of aromatic nitrogens is 2. The molecule has 0 bridgehead atoms. The van der Waals surface area contributed by atoms with Gasteiger partial charge in [0.05, 0.1) is 11.4 Å². The highest BCUT2D eigenvalue weighted by molar-refractivity contribution is 6.35. The number of halogens is 1. The fourth-order valence-electron chi connectivity index (χ4n) is 3.34. The van der Waals surface area contributed by atoms with Gasteiger partial charge in [-0.25, -0.2) is 4.98 Å². The molecule has 1 aliphatic heterocycles. The number of aliphatic hydroxyl groups is 2. The van der Waals surface area contributed by atoms with E-state index in [-0.39, 0.29) is 37.4 Å². The van der Waals surface area contributed by atoms with Crippen LogP contribution in [-0.2, 0) is 11.2 Å². The molecule has 124 valence electrons. The predicted molar refractivity (Wildman–Crippen MR) is 87.2 cm³/mol.